The summed E-state index contributed by atoms with van der Waals surface area (Å²) >= 11 is 3.11. The van der Waals surface area contributed by atoms with Gasteiger partial charge in [0, 0.05) is 5.69 Å². The SMILES string of the molecule is C[C@@H](OC(=O)c1ccc(Br)o1)C(=O)Nc1ccc2ccccc2c1. The number of furan rings is 1. The zero-order valence-corrected chi connectivity index (χ0v) is 14.4. The number of carbonyl (C=O) groups is 2. The van der Waals surface area contributed by atoms with Gasteiger partial charge in [0.25, 0.3) is 5.91 Å². The Kier molecular flexibility index (Phi) is 4.66. The molecule has 0 spiro atoms. The molecule has 1 N–H and O–H groups in total. The van der Waals surface area contributed by atoms with Gasteiger partial charge in [-0.15, -0.1) is 0 Å². The van der Waals surface area contributed by atoms with E-state index in [1.807, 2.05) is 36.4 Å². The molecule has 0 fully saturated rings. The van der Waals surface area contributed by atoms with Crippen LogP contribution in [0.4, 0.5) is 5.69 Å². The smallest absolute Gasteiger partial charge is 0.375 e. The van der Waals surface area contributed by atoms with Crippen molar-refractivity contribution in [3.63, 3.8) is 0 Å². The molecule has 0 unspecified atom stereocenters. The molecular formula is C18H14BrNO4. The Balaban J connectivity index is 1.65. The van der Waals surface area contributed by atoms with Gasteiger partial charge in [-0.05, 0) is 57.9 Å². The molecule has 1 atom stereocenters. The molecule has 5 nitrogen and oxygen atoms in total. The number of hydrogen-bond donors (Lipinski definition) is 1. The Morgan fingerprint density at radius 3 is 2.54 bits per heavy atom. The van der Waals surface area contributed by atoms with Gasteiger partial charge in [-0.2, -0.15) is 0 Å². The first-order valence-corrected chi connectivity index (χ1v) is 8.08. The highest BCUT2D eigenvalue weighted by Gasteiger charge is 2.21. The van der Waals surface area contributed by atoms with E-state index in [1.165, 1.54) is 13.0 Å². The number of amides is 1. The minimum atomic E-state index is -0.951. The van der Waals surface area contributed by atoms with Crippen molar-refractivity contribution in [1.29, 1.82) is 0 Å². The van der Waals surface area contributed by atoms with E-state index in [9.17, 15) is 9.59 Å². The number of hydrogen-bond acceptors (Lipinski definition) is 4. The number of esters is 1. The zero-order valence-electron chi connectivity index (χ0n) is 12.8. The van der Waals surface area contributed by atoms with Crippen LogP contribution in [0, 0.1) is 0 Å². The summed E-state index contributed by atoms with van der Waals surface area (Å²) in [7, 11) is 0. The third-order valence-corrected chi connectivity index (χ3v) is 3.87. The van der Waals surface area contributed by atoms with Crippen molar-refractivity contribution in [2.24, 2.45) is 0 Å². The quantitative estimate of drug-likeness (QED) is 0.674. The lowest BCUT2D eigenvalue weighted by atomic mass is 10.1. The molecule has 0 aliphatic heterocycles. The van der Waals surface area contributed by atoms with Crippen LogP contribution in [0.25, 0.3) is 10.8 Å². The highest BCUT2D eigenvalue weighted by atomic mass is 79.9. The maximum atomic E-state index is 12.2. The highest BCUT2D eigenvalue weighted by Crippen LogP contribution is 2.19. The first kappa shape index (κ1) is 16.3. The number of nitrogens with one attached hydrogen (secondary N) is 1. The predicted molar refractivity (Wildman–Crippen MR) is 93.9 cm³/mol. The van der Waals surface area contributed by atoms with E-state index in [-0.39, 0.29) is 5.76 Å². The molecule has 1 heterocycles. The lowest BCUT2D eigenvalue weighted by Gasteiger charge is -2.13. The molecule has 0 radical (unpaired) electrons. The number of benzene rings is 2. The molecular weight excluding hydrogens is 374 g/mol. The van der Waals surface area contributed by atoms with Gasteiger partial charge in [0.1, 0.15) is 0 Å². The Hall–Kier alpha value is -2.60. The third-order valence-electron chi connectivity index (χ3n) is 3.44. The van der Waals surface area contributed by atoms with Crippen molar-refractivity contribution in [2.45, 2.75) is 13.0 Å². The zero-order chi connectivity index (χ0) is 17.1. The summed E-state index contributed by atoms with van der Waals surface area (Å²) in [4.78, 5) is 24.1. The number of rotatable bonds is 4. The van der Waals surface area contributed by atoms with Gasteiger partial charge >= 0.3 is 5.97 Å². The molecule has 0 saturated heterocycles. The van der Waals surface area contributed by atoms with Crippen LogP contribution in [0.2, 0.25) is 0 Å². The van der Waals surface area contributed by atoms with Gasteiger partial charge in [0.05, 0.1) is 0 Å². The first-order valence-electron chi connectivity index (χ1n) is 7.29. The largest absolute Gasteiger partial charge is 0.447 e. The molecule has 3 rings (SSSR count). The van der Waals surface area contributed by atoms with Crippen molar-refractivity contribution >= 4 is 44.3 Å². The van der Waals surface area contributed by atoms with E-state index in [1.54, 1.807) is 12.1 Å². The minimum absolute atomic E-state index is 0.0345. The van der Waals surface area contributed by atoms with Crippen LogP contribution in [0.15, 0.2) is 63.7 Å². The van der Waals surface area contributed by atoms with Crippen LogP contribution >= 0.6 is 15.9 Å². The normalized spacial score (nSPS) is 11.9. The van der Waals surface area contributed by atoms with Gasteiger partial charge in [-0.25, -0.2) is 4.79 Å². The van der Waals surface area contributed by atoms with Crippen molar-refractivity contribution in [3.05, 3.63) is 65.0 Å². The second-order valence-corrected chi connectivity index (χ2v) is 5.98. The second-order valence-electron chi connectivity index (χ2n) is 5.20. The number of anilines is 1. The summed E-state index contributed by atoms with van der Waals surface area (Å²) in [6, 6.07) is 16.5. The van der Waals surface area contributed by atoms with E-state index in [2.05, 4.69) is 21.2 Å². The van der Waals surface area contributed by atoms with Crippen LogP contribution in [0.5, 0.6) is 0 Å². The fourth-order valence-electron chi connectivity index (χ4n) is 2.21. The molecule has 24 heavy (non-hydrogen) atoms. The Labute approximate surface area is 146 Å². The van der Waals surface area contributed by atoms with E-state index < -0.39 is 18.0 Å². The van der Waals surface area contributed by atoms with Crippen LogP contribution < -0.4 is 5.32 Å². The standard InChI is InChI=1S/C18H14BrNO4/c1-11(23-18(22)15-8-9-16(19)24-15)17(21)20-14-7-6-12-4-2-3-5-13(12)10-14/h2-11H,1H3,(H,20,21)/t11-/m1/s1. The lowest BCUT2D eigenvalue weighted by molar-refractivity contribution is -0.123. The number of halogens is 1. The van der Waals surface area contributed by atoms with Gasteiger partial charge < -0.3 is 14.5 Å². The van der Waals surface area contributed by atoms with Crippen molar-refractivity contribution < 1.29 is 18.7 Å². The second kappa shape index (κ2) is 6.88. The molecule has 6 heteroatoms. The third kappa shape index (κ3) is 3.65. The average Bonchev–Trinajstić information content (AvgIpc) is 3.01. The topological polar surface area (TPSA) is 68.5 Å². The maximum Gasteiger partial charge on any atom is 0.375 e. The van der Waals surface area contributed by atoms with E-state index in [4.69, 9.17) is 9.15 Å². The van der Waals surface area contributed by atoms with Gasteiger partial charge in [-0.3, -0.25) is 4.79 Å². The minimum Gasteiger partial charge on any atom is -0.447 e. The molecule has 0 saturated carbocycles. The summed E-state index contributed by atoms with van der Waals surface area (Å²) < 4.78 is 10.6. The number of carbonyl (C=O) groups excluding carboxylic acids is 2. The van der Waals surface area contributed by atoms with E-state index >= 15 is 0 Å². The Morgan fingerprint density at radius 1 is 1.08 bits per heavy atom. The molecule has 1 aromatic heterocycles. The molecule has 122 valence electrons. The molecule has 0 aliphatic carbocycles. The molecule has 1 amide bonds. The Bertz CT molecular complexity index is 903. The Morgan fingerprint density at radius 2 is 1.83 bits per heavy atom. The fourth-order valence-corrected chi connectivity index (χ4v) is 2.51. The van der Waals surface area contributed by atoms with Gasteiger partial charge in [0.15, 0.2) is 10.8 Å². The summed E-state index contributed by atoms with van der Waals surface area (Å²) in [5.41, 5.74) is 0.641. The predicted octanol–water partition coefficient (Wildman–Crippen LogP) is 4.38. The highest BCUT2D eigenvalue weighted by molar-refractivity contribution is 9.10. The average molecular weight is 388 g/mol. The summed E-state index contributed by atoms with van der Waals surface area (Å²) in [6.07, 6.45) is -0.951. The van der Waals surface area contributed by atoms with Crippen molar-refractivity contribution in [2.75, 3.05) is 5.32 Å². The maximum absolute atomic E-state index is 12.2. The molecule has 0 bridgehead atoms. The summed E-state index contributed by atoms with van der Waals surface area (Å²) in [5, 5.41) is 4.84. The molecule has 2 aromatic carbocycles. The number of ether oxygens (including phenoxy) is 1. The van der Waals surface area contributed by atoms with Crippen LogP contribution in [0.3, 0.4) is 0 Å². The molecule has 0 aliphatic rings. The first-order chi connectivity index (χ1) is 11.5. The van der Waals surface area contributed by atoms with E-state index in [0.717, 1.165) is 10.8 Å². The number of fused-ring (bicyclic) bond motifs is 1. The van der Waals surface area contributed by atoms with Gasteiger partial charge in [-0.1, -0.05) is 30.3 Å². The van der Waals surface area contributed by atoms with Crippen LogP contribution in [-0.2, 0) is 9.53 Å². The van der Waals surface area contributed by atoms with Crippen molar-refractivity contribution in [3.8, 4) is 0 Å². The molecule has 3 aromatic rings. The van der Waals surface area contributed by atoms with Crippen LogP contribution in [-0.4, -0.2) is 18.0 Å². The van der Waals surface area contributed by atoms with Gasteiger partial charge in [0.2, 0.25) is 5.76 Å². The lowest BCUT2D eigenvalue weighted by Crippen LogP contribution is -2.29. The monoisotopic (exact) mass is 387 g/mol. The summed E-state index contributed by atoms with van der Waals surface area (Å²) in [5.74, 6) is -1.07. The summed E-state index contributed by atoms with van der Waals surface area (Å²) in [6.45, 7) is 1.51. The van der Waals surface area contributed by atoms with Crippen LogP contribution in [0.1, 0.15) is 17.5 Å². The fraction of sp³-hybridized carbons (Fsp3) is 0.111. The van der Waals surface area contributed by atoms with E-state index in [0.29, 0.717) is 10.4 Å². The van der Waals surface area contributed by atoms with Crippen molar-refractivity contribution in [1.82, 2.24) is 0 Å².